The molecule has 0 spiro atoms. The van der Waals surface area contributed by atoms with Crippen LogP contribution in [0.5, 0.6) is 5.75 Å². The van der Waals surface area contributed by atoms with Crippen LogP contribution in [0, 0.1) is 0 Å². The Morgan fingerprint density at radius 3 is 2.96 bits per heavy atom. The lowest BCUT2D eigenvalue weighted by molar-refractivity contribution is 0.0600. The number of methoxy groups -OCH3 is 1. The van der Waals surface area contributed by atoms with Crippen molar-refractivity contribution in [1.29, 1.82) is 0 Å². The summed E-state index contributed by atoms with van der Waals surface area (Å²) in [6, 6.07) is 10.3. The molecule has 8 heteroatoms. The molecule has 0 radical (unpaired) electrons. The molecular formula is C16H14N2O5S. The summed E-state index contributed by atoms with van der Waals surface area (Å²) in [6.07, 6.45) is 0. The number of carbonyl (C=O) groups excluding carboxylic acids is 1. The predicted octanol–water partition coefficient (Wildman–Crippen LogP) is 2.43. The number of thiophene rings is 1. The van der Waals surface area contributed by atoms with Crippen molar-refractivity contribution in [2.24, 2.45) is 0 Å². The highest BCUT2D eigenvalue weighted by atomic mass is 32.1. The minimum Gasteiger partial charge on any atom is -0.492 e. The van der Waals surface area contributed by atoms with Gasteiger partial charge in [0.25, 0.3) is 5.89 Å². The van der Waals surface area contributed by atoms with E-state index in [2.05, 4.69) is 9.84 Å². The second-order valence-electron chi connectivity index (χ2n) is 4.74. The van der Waals surface area contributed by atoms with Gasteiger partial charge < -0.3 is 13.9 Å². The number of nitrogens with zero attached hydrogens (tertiary/aromatic N) is 2. The summed E-state index contributed by atoms with van der Waals surface area (Å²) >= 11 is 1.44. The van der Waals surface area contributed by atoms with Crippen molar-refractivity contribution in [3.63, 3.8) is 0 Å². The maximum absolute atomic E-state index is 11.8. The molecule has 0 aliphatic heterocycles. The molecule has 0 saturated heterocycles. The molecule has 0 N–H and O–H groups in total. The minimum atomic E-state index is -0.537. The third kappa shape index (κ3) is 3.54. The van der Waals surface area contributed by atoms with Crippen molar-refractivity contribution >= 4 is 17.3 Å². The summed E-state index contributed by atoms with van der Waals surface area (Å²) < 4.78 is 16.5. The first-order valence-corrected chi connectivity index (χ1v) is 7.98. The average Bonchev–Trinajstić information content (AvgIpc) is 3.24. The van der Waals surface area contributed by atoms with Crippen molar-refractivity contribution in [3.8, 4) is 16.5 Å². The summed E-state index contributed by atoms with van der Waals surface area (Å²) in [5.74, 6) is -0.172. The fourth-order valence-corrected chi connectivity index (χ4v) is 2.67. The molecule has 0 atom stereocenters. The van der Waals surface area contributed by atoms with Crippen molar-refractivity contribution < 1.29 is 18.7 Å². The van der Waals surface area contributed by atoms with Crippen LogP contribution >= 0.6 is 11.3 Å². The highest BCUT2D eigenvalue weighted by Crippen LogP contribution is 2.21. The molecule has 0 saturated carbocycles. The van der Waals surface area contributed by atoms with Gasteiger partial charge in [0.1, 0.15) is 12.4 Å². The minimum absolute atomic E-state index is 0.209. The first-order valence-electron chi connectivity index (χ1n) is 7.10. The Kier molecular flexibility index (Phi) is 4.76. The standard InChI is InChI=1S/C16H14N2O5S/c1-21-15(19)11-4-2-5-12(10-11)22-8-7-18-16(20)23-14(17-18)13-6-3-9-24-13/h2-6,9-10H,7-8H2,1H3. The van der Waals surface area contributed by atoms with Gasteiger partial charge in [0, 0.05) is 0 Å². The Hall–Kier alpha value is -2.87. The van der Waals surface area contributed by atoms with Crippen LogP contribution in [0.2, 0.25) is 0 Å². The fraction of sp³-hybridized carbons (Fsp3) is 0.188. The number of aromatic nitrogens is 2. The van der Waals surface area contributed by atoms with Gasteiger partial charge in [-0.2, -0.15) is 4.68 Å². The summed E-state index contributed by atoms with van der Waals surface area (Å²) in [5.41, 5.74) is 0.397. The van der Waals surface area contributed by atoms with E-state index in [1.165, 1.54) is 23.1 Å². The quantitative estimate of drug-likeness (QED) is 0.638. The summed E-state index contributed by atoms with van der Waals surface area (Å²) in [4.78, 5) is 24.0. The fourth-order valence-electron chi connectivity index (χ4n) is 2.03. The normalized spacial score (nSPS) is 10.5. The van der Waals surface area contributed by atoms with Gasteiger partial charge >= 0.3 is 11.7 Å². The zero-order valence-corrected chi connectivity index (χ0v) is 13.6. The van der Waals surface area contributed by atoms with Gasteiger partial charge in [-0.05, 0) is 29.6 Å². The first-order chi connectivity index (χ1) is 11.7. The number of hydrogen-bond donors (Lipinski definition) is 0. The lowest BCUT2D eigenvalue weighted by atomic mass is 10.2. The number of carbonyl (C=O) groups is 1. The van der Waals surface area contributed by atoms with Crippen LogP contribution < -0.4 is 10.5 Å². The van der Waals surface area contributed by atoms with Crippen LogP contribution in [-0.4, -0.2) is 29.5 Å². The number of hydrogen-bond acceptors (Lipinski definition) is 7. The van der Waals surface area contributed by atoms with Crippen LogP contribution in [0.4, 0.5) is 0 Å². The summed E-state index contributed by atoms with van der Waals surface area (Å²) in [7, 11) is 1.32. The van der Waals surface area contributed by atoms with E-state index in [1.54, 1.807) is 24.3 Å². The molecule has 0 bridgehead atoms. The zero-order valence-electron chi connectivity index (χ0n) is 12.8. The van der Waals surface area contributed by atoms with Crippen molar-refractivity contribution in [2.75, 3.05) is 13.7 Å². The molecule has 2 aromatic heterocycles. The molecule has 0 amide bonds. The maximum Gasteiger partial charge on any atom is 0.437 e. The van der Waals surface area contributed by atoms with Gasteiger partial charge in [0.05, 0.1) is 24.1 Å². The number of ether oxygens (including phenoxy) is 2. The number of benzene rings is 1. The molecule has 3 rings (SSSR count). The molecule has 0 aliphatic rings. The topological polar surface area (TPSA) is 83.6 Å². The summed E-state index contributed by atoms with van der Waals surface area (Å²) in [5, 5.41) is 6.02. The van der Waals surface area contributed by atoms with Crippen LogP contribution in [-0.2, 0) is 11.3 Å². The van der Waals surface area contributed by atoms with Crippen LogP contribution in [0.25, 0.3) is 10.8 Å². The SMILES string of the molecule is COC(=O)c1cccc(OCCn2nc(-c3cccs3)oc2=O)c1. The predicted molar refractivity (Wildman–Crippen MR) is 87.4 cm³/mol. The Bertz CT molecular complexity index is 882. The largest absolute Gasteiger partial charge is 0.492 e. The Morgan fingerprint density at radius 2 is 2.21 bits per heavy atom. The molecule has 24 heavy (non-hydrogen) atoms. The highest BCUT2D eigenvalue weighted by molar-refractivity contribution is 7.13. The van der Waals surface area contributed by atoms with E-state index in [0.717, 1.165) is 4.88 Å². The van der Waals surface area contributed by atoms with E-state index in [9.17, 15) is 9.59 Å². The Morgan fingerprint density at radius 1 is 1.33 bits per heavy atom. The molecule has 2 heterocycles. The van der Waals surface area contributed by atoms with Crippen molar-refractivity contribution in [1.82, 2.24) is 9.78 Å². The van der Waals surface area contributed by atoms with E-state index in [-0.39, 0.29) is 13.2 Å². The molecule has 3 aromatic rings. The lowest BCUT2D eigenvalue weighted by Crippen LogP contribution is -2.20. The van der Waals surface area contributed by atoms with Crippen molar-refractivity contribution in [2.45, 2.75) is 6.54 Å². The van der Waals surface area contributed by atoms with Crippen LogP contribution in [0.1, 0.15) is 10.4 Å². The monoisotopic (exact) mass is 346 g/mol. The Labute approximate surface area is 141 Å². The first kappa shape index (κ1) is 16.0. The van der Waals surface area contributed by atoms with E-state index in [0.29, 0.717) is 17.2 Å². The van der Waals surface area contributed by atoms with E-state index < -0.39 is 11.7 Å². The molecule has 1 aromatic carbocycles. The second kappa shape index (κ2) is 7.14. The molecule has 0 unspecified atom stereocenters. The van der Waals surface area contributed by atoms with Crippen LogP contribution in [0.3, 0.4) is 0 Å². The van der Waals surface area contributed by atoms with E-state index >= 15 is 0 Å². The van der Waals surface area contributed by atoms with E-state index in [1.807, 2.05) is 17.5 Å². The third-order valence-corrected chi connectivity index (χ3v) is 4.02. The van der Waals surface area contributed by atoms with E-state index in [4.69, 9.17) is 9.15 Å². The average molecular weight is 346 g/mol. The molecule has 124 valence electrons. The lowest BCUT2D eigenvalue weighted by Gasteiger charge is -2.06. The third-order valence-electron chi connectivity index (χ3n) is 3.17. The van der Waals surface area contributed by atoms with Crippen LogP contribution in [0.15, 0.2) is 51.0 Å². The molecule has 7 nitrogen and oxygen atoms in total. The molecular weight excluding hydrogens is 332 g/mol. The smallest absolute Gasteiger partial charge is 0.437 e. The Balaban J connectivity index is 1.63. The number of rotatable bonds is 6. The summed E-state index contributed by atoms with van der Waals surface area (Å²) in [6.45, 7) is 0.442. The van der Waals surface area contributed by atoms with Gasteiger partial charge in [0.2, 0.25) is 0 Å². The number of esters is 1. The van der Waals surface area contributed by atoms with Crippen molar-refractivity contribution in [3.05, 3.63) is 57.9 Å². The van der Waals surface area contributed by atoms with Gasteiger partial charge in [0.15, 0.2) is 0 Å². The maximum atomic E-state index is 11.8. The van der Waals surface area contributed by atoms with Gasteiger partial charge in [-0.3, -0.25) is 0 Å². The van der Waals surface area contributed by atoms with Gasteiger partial charge in [-0.1, -0.05) is 12.1 Å². The molecule has 0 fully saturated rings. The zero-order chi connectivity index (χ0) is 16.9. The molecule has 0 aliphatic carbocycles. The highest BCUT2D eigenvalue weighted by Gasteiger charge is 2.11. The van der Waals surface area contributed by atoms with Gasteiger partial charge in [-0.15, -0.1) is 16.4 Å². The van der Waals surface area contributed by atoms with Gasteiger partial charge in [-0.25, -0.2) is 9.59 Å². The second-order valence-corrected chi connectivity index (χ2v) is 5.69.